The zero-order valence-corrected chi connectivity index (χ0v) is 23.0. The van der Waals surface area contributed by atoms with Crippen molar-refractivity contribution in [1.82, 2.24) is 0 Å². The molecule has 214 valence electrons. The molecule has 0 spiro atoms. The zero-order chi connectivity index (χ0) is 29.4. The van der Waals surface area contributed by atoms with Crippen LogP contribution in [0.5, 0.6) is 0 Å². The van der Waals surface area contributed by atoms with Gasteiger partial charge in [0.2, 0.25) is 10.0 Å². The molecule has 1 N–H and O–H groups in total. The molecule has 0 amide bonds. The SMILES string of the molecule is O=S(=O)(Cc1ccc(-c2ccc(C(F)(F)F)cc2)cc1)Nc1ccc2c(c1)N(S(=O)(=O)c1ccc(F)cc1)CCC2. The quantitative estimate of drug-likeness (QED) is 0.241. The van der Waals surface area contributed by atoms with Crippen molar-refractivity contribution < 1.29 is 34.4 Å². The molecule has 0 unspecified atom stereocenters. The lowest BCUT2D eigenvalue weighted by Gasteiger charge is -2.31. The van der Waals surface area contributed by atoms with Crippen molar-refractivity contribution in [3.8, 4) is 11.1 Å². The van der Waals surface area contributed by atoms with Crippen molar-refractivity contribution in [3.63, 3.8) is 0 Å². The summed E-state index contributed by atoms with van der Waals surface area (Å²) in [6, 6.07) is 20.3. The van der Waals surface area contributed by atoms with E-state index in [-0.39, 0.29) is 22.9 Å². The van der Waals surface area contributed by atoms with Gasteiger partial charge in [-0.15, -0.1) is 0 Å². The third kappa shape index (κ3) is 6.38. The van der Waals surface area contributed by atoms with Gasteiger partial charge in [-0.1, -0.05) is 42.5 Å². The van der Waals surface area contributed by atoms with Gasteiger partial charge in [0.25, 0.3) is 10.0 Å². The van der Waals surface area contributed by atoms with E-state index >= 15 is 0 Å². The number of anilines is 2. The summed E-state index contributed by atoms with van der Waals surface area (Å²) in [6.07, 6.45) is -3.25. The molecular weight excluding hydrogens is 580 g/mol. The second kappa shape index (κ2) is 10.8. The first-order valence-electron chi connectivity index (χ1n) is 12.5. The number of benzene rings is 4. The summed E-state index contributed by atoms with van der Waals surface area (Å²) < 4.78 is 108. The van der Waals surface area contributed by atoms with Gasteiger partial charge in [0.05, 0.1) is 27.6 Å². The molecular formula is C29H24F4N2O4S2. The maximum absolute atomic E-state index is 13.4. The normalized spacial score (nSPS) is 14.0. The molecule has 0 radical (unpaired) electrons. The molecule has 1 heterocycles. The fraction of sp³-hybridized carbons (Fsp3) is 0.172. The van der Waals surface area contributed by atoms with E-state index in [1.165, 1.54) is 34.6 Å². The van der Waals surface area contributed by atoms with Gasteiger partial charge in [0, 0.05) is 6.54 Å². The van der Waals surface area contributed by atoms with Crippen molar-refractivity contribution in [2.75, 3.05) is 15.6 Å². The fourth-order valence-corrected chi connectivity index (χ4v) is 7.39. The molecule has 6 nitrogen and oxygen atoms in total. The van der Waals surface area contributed by atoms with E-state index < -0.39 is 37.6 Å². The Morgan fingerprint density at radius 1 is 0.780 bits per heavy atom. The van der Waals surface area contributed by atoms with Gasteiger partial charge in [-0.25, -0.2) is 21.2 Å². The number of nitrogens with one attached hydrogen (secondary N) is 1. The van der Waals surface area contributed by atoms with Crippen LogP contribution in [0.1, 0.15) is 23.1 Å². The maximum atomic E-state index is 13.4. The lowest BCUT2D eigenvalue weighted by molar-refractivity contribution is -0.137. The predicted molar refractivity (Wildman–Crippen MR) is 149 cm³/mol. The van der Waals surface area contributed by atoms with Crippen LogP contribution < -0.4 is 9.03 Å². The maximum Gasteiger partial charge on any atom is 0.416 e. The fourth-order valence-electron chi connectivity index (χ4n) is 4.67. The zero-order valence-electron chi connectivity index (χ0n) is 21.4. The standard InChI is InChI=1S/C29H24F4N2O4S2/c30-25-12-15-27(16-13-25)41(38,39)35-17-1-2-23-9-14-26(18-28(23)35)34-40(36,37)19-20-3-5-21(6-4-20)22-7-10-24(11-8-22)29(31,32)33/h3-16,18,34H,1-2,17,19H2. The Morgan fingerprint density at radius 2 is 1.39 bits per heavy atom. The van der Waals surface area contributed by atoms with Crippen LogP contribution in [-0.2, 0) is 38.4 Å². The Hall–Kier alpha value is -3.90. The summed E-state index contributed by atoms with van der Waals surface area (Å²) in [4.78, 5) is -0.0718. The third-order valence-electron chi connectivity index (χ3n) is 6.69. The second-order valence-electron chi connectivity index (χ2n) is 9.61. The molecule has 4 aromatic carbocycles. The molecule has 0 aromatic heterocycles. The number of rotatable bonds is 7. The number of hydrogen-bond donors (Lipinski definition) is 1. The van der Waals surface area contributed by atoms with Crippen LogP contribution in [0.4, 0.5) is 28.9 Å². The first kappa shape index (κ1) is 28.6. The van der Waals surface area contributed by atoms with Crippen LogP contribution in [0.15, 0.2) is 95.9 Å². The molecule has 1 aliphatic rings. The van der Waals surface area contributed by atoms with Crippen LogP contribution in [0, 0.1) is 5.82 Å². The van der Waals surface area contributed by atoms with Crippen LogP contribution in [0.3, 0.4) is 0 Å². The topological polar surface area (TPSA) is 83.6 Å². The van der Waals surface area contributed by atoms with Crippen LogP contribution in [0.25, 0.3) is 11.1 Å². The van der Waals surface area contributed by atoms with Crippen molar-refractivity contribution in [2.45, 2.75) is 29.7 Å². The smallest absolute Gasteiger partial charge is 0.283 e. The Labute approximate surface area is 235 Å². The van der Waals surface area contributed by atoms with E-state index in [1.54, 1.807) is 36.4 Å². The number of fused-ring (bicyclic) bond motifs is 1. The van der Waals surface area contributed by atoms with Crippen molar-refractivity contribution >= 4 is 31.4 Å². The molecule has 0 bridgehead atoms. The lowest BCUT2D eigenvalue weighted by atomic mass is 10.0. The number of alkyl halides is 3. The van der Waals surface area contributed by atoms with Gasteiger partial charge < -0.3 is 0 Å². The summed E-state index contributed by atoms with van der Waals surface area (Å²) in [7, 11) is -7.91. The highest BCUT2D eigenvalue weighted by molar-refractivity contribution is 7.93. The Kier molecular flexibility index (Phi) is 7.56. The average molecular weight is 605 g/mol. The largest absolute Gasteiger partial charge is 0.416 e. The summed E-state index contributed by atoms with van der Waals surface area (Å²) in [5, 5.41) is 0. The van der Waals surface area contributed by atoms with Crippen molar-refractivity contribution in [2.24, 2.45) is 0 Å². The molecule has 0 fully saturated rings. The molecule has 0 saturated carbocycles. The summed E-state index contributed by atoms with van der Waals surface area (Å²) in [5.41, 5.74) is 2.15. The highest BCUT2D eigenvalue weighted by Gasteiger charge is 2.31. The molecule has 0 aliphatic carbocycles. The molecule has 5 rings (SSSR count). The van der Waals surface area contributed by atoms with Crippen LogP contribution in [-0.4, -0.2) is 23.4 Å². The summed E-state index contributed by atoms with van der Waals surface area (Å²) in [5.74, 6) is -0.941. The number of sulfonamides is 2. The predicted octanol–water partition coefficient (Wildman–Crippen LogP) is 6.59. The van der Waals surface area contributed by atoms with E-state index in [1.807, 2.05) is 0 Å². The van der Waals surface area contributed by atoms with Gasteiger partial charge in [0.1, 0.15) is 5.82 Å². The van der Waals surface area contributed by atoms with Gasteiger partial charge in [-0.3, -0.25) is 9.03 Å². The molecule has 4 aromatic rings. The minimum Gasteiger partial charge on any atom is -0.283 e. The number of hydrogen-bond acceptors (Lipinski definition) is 4. The van der Waals surface area contributed by atoms with E-state index in [0.717, 1.165) is 29.8 Å². The second-order valence-corrected chi connectivity index (χ2v) is 13.2. The van der Waals surface area contributed by atoms with E-state index in [4.69, 9.17) is 0 Å². The number of nitrogens with zero attached hydrogens (tertiary/aromatic N) is 1. The average Bonchev–Trinajstić information content (AvgIpc) is 2.92. The van der Waals surface area contributed by atoms with Gasteiger partial charge in [-0.05, 0) is 83.6 Å². The molecule has 1 aliphatic heterocycles. The monoisotopic (exact) mass is 604 g/mol. The Bertz CT molecular complexity index is 1770. The first-order valence-corrected chi connectivity index (χ1v) is 15.6. The van der Waals surface area contributed by atoms with Crippen molar-refractivity contribution in [3.05, 3.63) is 114 Å². The molecule has 0 atom stereocenters. The molecule has 41 heavy (non-hydrogen) atoms. The van der Waals surface area contributed by atoms with Crippen LogP contribution in [0.2, 0.25) is 0 Å². The lowest BCUT2D eigenvalue weighted by Crippen LogP contribution is -2.35. The highest BCUT2D eigenvalue weighted by atomic mass is 32.2. The Balaban J connectivity index is 1.32. The minimum absolute atomic E-state index is 0.0718. The number of halogens is 4. The van der Waals surface area contributed by atoms with E-state index in [9.17, 15) is 34.4 Å². The molecule has 0 saturated heterocycles. The first-order chi connectivity index (χ1) is 19.3. The number of aryl methyl sites for hydroxylation is 1. The highest BCUT2D eigenvalue weighted by Crippen LogP contribution is 2.35. The summed E-state index contributed by atoms with van der Waals surface area (Å²) in [6.45, 7) is 0.189. The minimum atomic E-state index is -4.43. The van der Waals surface area contributed by atoms with Crippen molar-refractivity contribution in [1.29, 1.82) is 0 Å². The van der Waals surface area contributed by atoms with Crippen LogP contribution >= 0.6 is 0 Å². The molecule has 12 heteroatoms. The third-order valence-corrected chi connectivity index (χ3v) is 9.78. The van der Waals surface area contributed by atoms with E-state index in [2.05, 4.69) is 4.72 Å². The Morgan fingerprint density at radius 3 is 2.00 bits per heavy atom. The van der Waals surface area contributed by atoms with Gasteiger partial charge >= 0.3 is 6.18 Å². The van der Waals surface area contributed by atoms with Gasteiger partial charge in [-0.2, -0.15) is 13.2 Å². The van der Waals surface area contributed by atoms with E-state index in [0.29, 0.717) is 35.2 Å². The van der Waals surface area contributed by atoms with Gasteiger partial charge in [0.15, 0.2) is 0 Å². The summed E-state index contributed by atoms with van der Waals surface area (Å²) >= 11 is 0.